The van der Waals surface area contributed by atoms with E-state index in [2.05, 4.69) is 69.3 Å². The van der Waals surface area contributed by atoms with Gasteiger partial charge in [-0.05, 0) is 61.9 Å². The Kier molecular flexibility index (Phi) is 3.16. The highest BCUT2D eigenvalue weighted by atomic mass is 16.5. The van der Waals surface area contributed by atoms with Gasteiger partial charge in [-0.15, -0.1) is 0 Å². The van der Waals surface area contributed by atoms with Crippen LogP contribution < -0.4 is 0 Å². The Morgan fingerprint density at radius 3 is 2.64 bits per heavy atom. The van der Waals surface area contributed by atoms with Crippen molar-refractivity contribution in [3.05, 3.63) is 59.7 Å². The van der Waals surface area contributed by atoms with Crippen molar-refractivity contribution in [1.29, 1.82) is 0 Å². The molecule has 0 saturated carbocycles. The Hall–Kier alpha value is -1.60. The van der Waals surface area contributed by atoms with Gasteiger partial charge in [-0.25, -0.2) is 0 Å². The van der Waals surface area contributed by atoms with Gasteiger partial charge in [0.05, 0.1) is 11.7 Å². The lowest BCUT2D eigenvalue weighted by Gasteiger charge is -2.49. The van der Waals surface area contributed by atoms with Crippen LogP contribution in [0, 0.1) is 11.8 Å². The van der Waals surface area contributed by atoms with Gasteiger partial charge < -0.3 is 4.74 Å². The van der Waals surface area contributed by atoms with Gasteiger partial charge in [0.25, 0.3) is 0 Å². The van der Waals surface area contributed by atoms with E-state index in [9.17, 15) is 0 Å². The smallest absolute Gasteiger partial charge is 0.0897 e. The predicted molar refractivity (Wildman–Crippen MR) is 91.8 cm³/mol. The molecule has 2 bridgehead atoms. The lowest BCUT2D eigenvalue weighted by molar-refractivity contribution is -0.166. The normalized spacial score (nSPS) is 30.1. The number of ether oxygens (including phenoxy) is 1. The third-order valence-corrected chi connectivity index (χ3v) is 5.73. The molecule has 0 radical (unpaired) electrons. The van der Waals surface area contributed by atoms with Crippen LogP contribution >= 0.6 is 0 Å². The van der Waals surface area contributed by atoms with E-state index in [0.29, 0.717) is 11.8 Å². The second kappa shape index (κ2) is 4.96. The Labute approximate surface area is 133 Å². The van der Waals surface area contributed by atoms with Crippen molar-refractivity contribution in [3.8, 4) is 0 Å². The van der Waals surface area contributed by atoms with E-state index in [4.69, 9.17) is 4.74 Å². The fourth-order valence-corrected chi connectivity index (χ4v) is 4.19. The molecule has 114 valence electrons. The van der Waals surface area contributed by atoms with Crippen LogP contribution in [0.15, 0.2) is 54.1 Å². The number of benzene rings is 2. The molecule has 1 aliphatic heterocycles. The molecule has 0 N–H and O–H groups in total. The van der Waals surface area contributed by atoms with E-state index >= 15 is 0 Å². The molecule has 0 amide bonds. The minimum absolute atomic E-state index is 0.0377. The summed E-state index contributed by atoms with van der Waals surface area (Å²) in [6.07, 6.45) is 5.05. The average molecular weight is 292 g/mol. The fraction of sp³-hybridized carbons (Fsp3) is 0.429. The summed E-state index contributed by atoms with van der Waals surface area (Å²) in [5.74, 6) is 1.19. The molecule has 0 unspecified atom stereocenters. The van der Waals surface area contributed by atoms with Crippen LogP contribution in [-0.2, 0) is 4.74 Å². The lowest BCUT2D eigenvalue weighted by Crippen LogP contribution is -2.45. The molecule has 22 heavy (non-hydrogen) atoms. The SMILES string of the molecule is CC1=CC[C@@H]2C[C@H]1[C@H](c1ccc3ccccc3c1)OC2(C)C. The van der Waals surface area contributed by atoms with E-state index < -0.39 is 0 Å². The predicted octanol–water partition coefficient (Wildman–Crippen LogP) is 5.66. The Balaban J connectivity index is 1.78. The molecule has 1 heterocycles. The van der Waals surface area contributed by atoms with Crippen molar-refractivity contribution in [2.75, 3.05) is 0 Å². The molecule has 1 nitrogen and oxygen atoms in total. The fourth-order valence-electron chi connectivity index (χ4n) is 4.19. The monoisotopic (exact) mass is 292 g/mol. The highest BCUT2D eigenvalue weighted by Gasteiger charge is 2.45. The minimum Gasteiger partial charge on any atom is -0.367 e. The first kappa shape index (κ1) is 14.0. The van der Waals surface area contributed by atoms with E-state index in [0.717, 1.165) is 0 Å². The highest BCUT2D eigenvalue weighted by molar-refractivity contribution is 5.83. The number of hydrogen-bond acceptors (Lipinski definition) is 1. The first-order chi connectivity index (χ1) is 10.5. The van der Waals surface area contributed by atoms with Crippen LogP contribution in [-0.4, -0.2) is 5.60 Å². The average Bonchev–Trinajstić information content (AvgIpc) is 2.52. The highest BCUT2D eigenvalue weighted by Crippen LogP contribution is 2.51. The summed E-state index contributed by atoms with van der Waals surface area (Å²) in [7, 11) is 0. The summed E-state index contributed by atoms with van der Waals surface area (Å²) < 4.78 is 6.61. The van der Waals surface area contributed by atoms with Crippen LogP contribution in [0.4, 0.5) is 0 Å². The summed E-state index contributed by atoms with van der Waals surface area (Å²) in [5.41, 5.74) is 2.79. The Morgan fingerprint density at radius 1 is 1.05 bits per heavy atom. The van der Waals surface area contributed by atoms with Crippen LogP contribution in [0.2, 0.25) is 0 Å². The third kappa shape index (κ3) is 2.19. The van der Waals surface area contributed by atoms with Crippen molar-refractivity contribution >= 4 is 10.8 Å². The van der Waals surface area contributed by atoms with Gasteiger partial charge in [0, 0.05) is 5.92 Å². The molecular weight excluding hydrogens is 268 g/mol. The van der Waals surface area contributed by atoms with Crippen LogP contribution in [0.5, 0.6) is 0 Å². The topological polar surface area (TPSA) is 9.23 Å². The molecular formula is C21H24O. The van der Waals surface area contributed by atoms with Crippen molar-refractivity contribution in [2.45, 2.75) is 45.3 Å². The van der Waals surface area contributed by atoms with Crippen molar-refractivity contribution in [2.24, 2.45) is 11.8 Å². The van der Waals surface area contributed by atoms with Crippen molar-refractivity contribution in [3.63, 3.8) is 0 Å². The summed E-state index contributed by atoms with van der Waals surface area (Å²) >= 11 is 0. The molecule has 2 aliphatic rings. The number of fused-ring (bicyclic) bond motifs is 3. The summed E-state index contributed by atoms with van der Waals surface area (Å²) in [4.78, 5) is 0. The molecule has 1 saturated heterocycles. The van der Waals surface area contributed by atoms with Crippen LogP contribution in [0.1, 0.15) is 45.3 Å². The van der Waals surface area contributed by atoms with Gasteiger partial charge in [0.1, 0.15) is 0 Å². The molecule has 0 aromatic heterocycles. The molecule has 0 spiro atoms. The minimum atomic E-state index is -0.0377. The molecule has 4 rings (SSSR count). The molecule has 1 heteroatoms. The number of hydrogen-bond donors (Lipinski definition) is 0. The molecule has 2 aromatic carbocycles. The van der Waals surface area contributed by atoms with Crippen LogP contribution in [0.25, 0.3) is 10.8 Å². The van der Waals surface area contributed by atoms with Crippen LogP contribution in [0.3, 0.4) is 0 Å². The van der Waals surface area contributed by atoms with E-state index in [-0.39, 0.29) is 11.7 Å². The largest absolute Gasteiger partial charge is 0.367 e. The zero-order valence-corrected chi connectivity index (χ0v) is 13.7. The van der Waals surface area contributed by atoms with E-state index in [1.165, 1.54) is 34.8 Å². The Bertz CT molecular complexity index is 740. The number of allylic oxidation sites excluding steroid dienone is 1. The zero-order chi connectivity index (χ0) is 15.3. The van der Waals surface area contributed by atoms with Crippen molar-refractivity contribution in [1.82, 2.24) is 0 Å². The summed E-state index contributed by atoms with van der Waals surface area (Å²) in [6.45, 7) is 6.80. The molecule has 1 aliphatic carbocycles. The summed E-state index contributed by atoms with van der Waals surface area (Å²) in [6, 6.07) is 15.4. The van der Waals surface area contributed by atoms with E-state index in [1.807, 2.05) is 0 Å². The molecule has 1 fully saturated rings. The maximum absolute atomic E-state index is 6.61. The van der Waals surface area contributed by atoms with Gasteiger partial charge in [0.15, 0.2) is 0 Å². The maximum Gasteiger partial charge on any atom is 0.0897 e. The quantitative estimate of drug-likeness (QED) is 0.616. The van der Waals surface area contributed by atoms with E-state index in [1.54, 1.807) is 0 Å². The maximum atomic E-state index is 6.61. The number of rotatable bonds is 1. The van der Waals surface area contributed by atoms with Gasteiger partial charge in [-0.2, -0.15) is 0 Å². The van der Waals surface area contributed by atoms with Gasteiger partial charge in [-0.1, -0.05) is 48.0 Å². The molecule has 3 atom stereocenters. The Morgan fingerprint density at radius 2 is 1.82 bits per heavy atom. The summed E-state index contributed by atoms with van der Waals surface area (Å²) in [5, 5.41) is 2.61. The molecule has 2 aromatic rings. The lowest BCUT2D eigenvalue weighted by atomic mass is 9.69. The second-order valence-electron chi connectivity index (χ2n) is 7.47. The standard InChI is InChI=1S/C21H24O/c1-14-8-11-18-13-19(14)20(22-21(18,2)3)17-10-9-15-6-4-5-7-16(15)12-17/h4-10,12,18-20H,11,13H2,1-3H3/t18-,19-,20+/m1/s1. The van der Waals surface area contributed by atoms with Crippen molar-refractivity contribution < 1.29 is 4.74 Å². The third-order valence-electron chi connectivity index (χ3n) is 5.73. The second-order valence-corrected chi connectivity index (χ2v) is 7.47. The first-order valence-corrected chi connectivity index (χ1v) is 8.38. The van der Waals surface area contributed by atoms with Gasteiger partial charge in [-0.3, -0.25) is 0 Å². The van der Waals surface area contributed by atoms with Gasteiger partial charge in [0.2, 0.25) is 0 Å². The zero-order valence-electron chi connectivity index (χ0n) is 13.7. The first-order valence-electron chi connectivity index (χ1n) is 8.38. The van der Waals surface area contributed by atoms with Gasteiger partial charge >= 0.3 is 0 Å².